The van der Waals surface area contributed by atoms with Crippen molar-refractivity contribution in [1.82, 2.24) is 14.9 Å². The van der Waals surface area contributed by atoms with E-state index in [1.807, 2.05) is 13.0 Å². The number of hydrogen-bond donors (Lipinski definition) is 0. The van der Waals surface area contributed by atoms with E-state index in [1.165, 1.54) is 6.92 Å². The summed E-state index contributed by atoms with van der Waals surface area (Å²) in [5, 5.41) is 8.00. The van der Waals surface area contributed by atoms with E-state index in [4.69, 9.17) is 0 Å². The Kier molecular flexibility index (Phi) is 5.06. The van der Waals surface area contributed by atoms with Crippen LogP contribution in [0.4, 0.5) is 11.6 Å². The van der Waals surface area contributed by atoms with Crippen LogP contribution in [0.5, 0.6) is 0 Å². The summed E-state index contributed by atoms with van der Waals surface area (Å²) in [4.78, 5) is 49.4. The summed E-state index contributed by atoms with van der Waals surface area (Å²) in [6.45, 7) is 5.37. The molecule has 0 aliphatic heterocycles. The molecule has 0 aliphatic rings. The Morgan fingerprint density at radius 1 is 1.04 bits per heavy atom. The van der Waals surface area contributed by atoms with E-state index in [9.17, 15) is 19.2 Å². The van der Waals surface area contributed by atoms with Crippen molar-refractivity contribution in [2.24, 2.45) is 0 Å². The van der Waals surface area contributed by atoms with E-state index in [0.717, 1.165) is 35.2 Å². The zero-order chi connectivity index (χ0) is 18.7. The van der Waals surface area contributed by atoms with Crippen molar-refractivity contribution < 1.29 is 14.4 Å². The average Bonchev–Trinajstić information content (AvgIpc) is 2.49. The molecule has 0 bridgehead atoms. The number of carbonyl (C=O) groups is 3. The number of aryl methyl sites for hydroxylation is 1. The monoisotopic (exact) mass is 343 g/mol. The second kappa shape index (κ2) is 7.04. The first-order chi connectivity index (χ1) is 11.7. The molecular weight excluding hydrogens is 326 g/mol. The Hall–Kier alpha value is -3.36. The lowest BCUT2D eigenvalue weighted by Gasteiger charge is -2.27. The fraction of sp³-hybridized carbons (Fsp3) is 0.250. The van der Waals surface area contributed by atoms with Crippen LogP contribution in [0, 0.1) is 6.92 Å². The van der Waals surface area contributed by atoms with Crippen molar-refractivity contribution in [2.45, 2.75) is 27.7 Å². The Bertz CT molecular complexity index is 891. The number of carbonyl (C=O) groups excluding carboxylic acids is 3. The van der Waals surface area contributed by atoms with Gasteiger partial charge >= 0.3 is 0 Å². The van der Waals surface area contributed by atoms with Gasteiger partial charge in [0, 0.05) is 20.8 Å². The van der Waals surface area contributed by atoms with Gasteiger partial charge in [-0.05, 0) is 24.6 Å². The number of imide groups is 1. The maximum absolute atomic E-state index is 12.3. The number of rotatable bonds is 3. The minimum atomic E-state index is -0.769. The fourth-order valence-corrected chi connectivity index (χ4v) is 2.36. The second-order valence-electron chi connectivity index (χ2n) is 5.34. The first kappa shape index (κ1) is 18.0. The highest BCUT2D eigenvalue weighted by Gasteiger charge is 2.27. The third-order valence-corrected chi connectivity index (χ3v) is 3.28. The van der Waals surface area contributed by atoms with Gasteiger partial charge in [-0.2, -0.15) is 9.69 Å². The summed E-state index contributed by atoms with van der Waals surface area (Å²) in [5.74, 6) is -2.12. The molecule has 1 aromatic carbocycles. The maximum atomic E-state index is 12.3. The maximum Gasteiger partial charge on any atom is 0.293 e. The number of nitrogens with zero attached hydrogens (tertiary/aromatic N) is 5. The highest BCUT2D eigenvalue weighted by atomic mass is 16.2. The van der Waals surface area contributed by atoms with Gasteiger partial charge in [0.15, 0.2) is 0 Å². The number of hydrogen-bond acceptors (Lipinski definition) is 6. The zero-order valence-corrected chi connectivity index (χ0v) is 14.3. The highest BCUT2D eigenvalue weighted by Crippen LogP contribution is 2.23. The normalized spacial score (nSPS) is 10.2. The van der Waals surface area contributed by atoms with Crippen molar-refractivity contribution in [2.75, 3.05) is 9.91 Å². The molecule has 9 nitrogen and oxygen atoms in total. The van der Waals surface area contributed by atoms with E-state index >= 15 is 0 Å². The van der Waals surface area contributed by atoms with E-state index in [2.05, 4.69) is 10.2 Å². The van der Waals surface area contributed by atoms with Gasteiger partial charge in [-0.15, -0.1) is 10.2 Å². The van der Waals surface area contributed by atoms with Crippen LogP contribution in [0.2, 0.25) is 0 Å². The van der Waals surface area contributed by atoms with Crippen molar-refractivity contribution in [3.63, 3.8) is 0 Å². The van der Waals surface area contributed by atoms with E-state index in [1.54, 1.807) is 18.2 Å². The predicted molar refractivity (Wildman–Crippen MR) is 89.9 cm³/mol. The zero-order valence-electron chi connectivity index (χ0n) is 14.3. The van der Waals surface area contributed by atoms with E-state index in [0.29, 0.717) is 10.7 Å². The molecule has 9 heteroatoms. The molecule has 0 atom stereocenters. The first-order valence-electron chi connectivity index (χ1n) is 7.37. The van der Waals surface area contributed by atoms with Crippen molar-refractivity contribution in [3.05, 3.63) is 46.4 Å². The van der Waals surface area contributed by atoms with E-state index < -0.39 is 23.3 Å². The SMILES string of the molecule is CC(=O)N(c1cccc(C)c1)c1nncc(=O)n1N(C(C)=O)C(C)=O. The molecule has 2 aromatic rings. The molecule has 1 aromatic heterocycles. The lowest BCUT2D eigenvalue weighted by Crippen LogP contribution is -2.50. The standard InChI is InChI=1S/C16H17N5O4/c1-10-6-5-7-14(8-10)19(11(2)22)16-18-17-9-15(25)21(16)20(12(3)23)13(4)24/h5-9H,1-4H3. The minimum Gasteiger partial charge on any atom is -0.274 e. The van der Waals surface area contributed by atoms with Gasteiger partial charge in [-0.1, -0.05) is 12.1 Å². The van der Waals surface area contributed by atoms with Crippen LogP contribution in [0.3, 0.4) is 0 Å². The Balaban J connectivity index is 2.78. The molecule has 0 aliphatic carbocycles. The molecular formula is C16H17N5O4. The van der Waals surface area contributed by atoms with E-state index in [-0.39, 0.29) is 5.95 Å². The summed E-state index contributed by atoms with van der Waals surface area (Å²) in [6.07, 6.45) is 0.858. The molecule has 130 valence electrons. The Morgan fingerprint density at radius 3 is 2.20 bits per heavy atom. The molecule has 0 saturated carbocycles. The minimum absolute atomic E-state index is 0.254. The lowest BCUT2D eigenvalue weighted by atomic mass is 10.2. The number of amides is 3. The number of benzene rings is 1. The van der Waals surface area contributed by atoms with Gasteiger partial charge in [0.25, 0.3) is 11.5 Å². The Morgan fingerprint density at radius 2 is 1.68 bits per heavy atom. The van der Waals surface area contributed by atoms with Gasteiger partial charge in [-0.3, -0.25) is 19.2 Å². The Labute approximate surface area is 143 Å². The van der Waals surface area contributed by atoms with Crippen LogP contribution in [0.1, 0.15) is 26.3 Å². The topological polar surface area (TPSA) is 105 Å². The lowest BCUT2D eigenvalue weighted by molar-refractivity contribution is -0.127. The van der Waals surface area contributed by atoms with Crippen molar-refractivity contribution >= 4 is 29.4 Å². The summed E-state index contributed by atoms with van der Waals surface area (Å²) in [6, 6.07) is 6.91. The number of aromatic nitrogens is 3. The molecule has 1 heterocycles. The second-order valence-corrected chi connectivity index (χ2v) is 5.34. The third-order valence-electron chi connectivity index (χ3n) is 3.28. The van der Waals surface area contributed by atoms with Crippen LogP contribution < -0.4 is 15.5 Å². The highest BCUT2D eigenvalue weighted by molar-refractivity contribution is 6.07. The van der Waals surface area contributed by atoms with Crippen molar-refractivity contribution in [3.8, 4) is 0 Å². The quantitative estimate of drug-likeness (QED) is 0.811. The largest absolute Gasteiger partial charge is 0.293 e. The fourth-order valence-electron chi connectivity index (χ4n) is 2.36. The third kappa shape index (κ3) is 3.60. The van der Waals surface area contributed by atoms with Gasteiger partial charge in [-0.25, -0.2) is 4.90 Å². The predicted octanol–water partition coefficient (Wildman–Crippen LogP) is 0.662. The summed E-state index contributed by atoms with van der Waals surface area (Å²) >= 11 is 0. The van der Waals surface area contributed by atoms with Gasteiger partial charge < -0.3 is 0 Å². The molecule has 0 radical (unpaired) electrons. The summed E-state index contributed by atoms with van der Waals surface area (Å²) in [7, 11) is 0. The average molecular weight is 343 g/mol. The first-order valence-corrected chi connectivity index (χ1v) is 7.37. The van der Waals surface area contributed by atoms with Gasteiger partial charge in [0.2, 0.25) is 17.7 Å². The molecule has 0 N–H and O–H groups in total. The molecule has 0 spiro atoms. The molecule has 3 amide bonds. The van der Waals surface area contributed by atoms with Crippen LogP contribution in [0.15, 0.2) is 35.3 Å². The van der Waals surface area contributed by atoms with Gasteiger partial charge in [0.05, 0.1) is 5.69 Å². The molecule has 0 saturated heterocycles. The van der Waals surface area contributed by atoms with Crippen LogP contribution in [0.25, 0.3) is 0 Å². The molecule has 0 unspecified atom stereocenters. The van der Waals surface area contributed by atoms with Crippen LogP contribution >= 0.6 is 0 Å². The van der Waals surface area contributed by atoms with Crippen LogP contribution in [-0.4, -0.2) is 32.6 Å². The van der Waals surface area contributed by atoms with Crippen molar-refractivity contribution in [1.29, 1.82) is 0 Å². The number of anilines is 2. The molecule has 0 fully saturated rings. The summed E-state index contributed by atoms with van der Waals surface area (Å²) in [5.41, 5.74) is 0.527. The van der Waals surface area contributed by atoms with Crippen LogP contribution in [-0.2, 0) is 14.4 Å². The molecule has 25 heavy (non-hydrogen) atoms. The summed E-state index contributed by atoms with van der Waals surface area (Å²) < 4.78 is 0.737. The molecule has 2 rings (SSSR count). The smallest absolute Gasteiger partial charge is 0.274 e. The van der Waals surface area contributed by atoms with Gasteiger partial charge in [0.1, 0.15) is 6.20 Å².